The minimum Gasteiger partial charge on any atom is -0.454 e. The minimum atomic E-state index is 0.855. The topological polar surface area (TPSA) is 21.3 Å². The van der Waals surface area contributed by atoms with Crippen molar-refractivity contribution in [2.45, 2.75) is 0 Å². The molecule has 0 saturated carbocycles. The molecule has 0 aliphatic rings. The minimum absolute atomic E-state index is 0.855. The van der Waals surface area contributed by atoms with Gasteiger partial charge in [0.1, 0.15) is 5.58 Å². The zero-order valence-electron chi connectivity index (χ0n) is 30.9. The number of nitrogens with zero attached hydrogens (tertiary/aromatic N) is 2. The fourth-order valence-electron chi connectivity index (χ4n) is 9.26. The van der Waals surface area contributed by atoms with Gasteiger partial charge in [0.2, 0.25) is 0 Å². The molecule has 0 unspecified atom stereocenters. The molecule has 0 bridgehead atoms. The molecule has 12 rings (SSSR count). The monoisotopic (exact) mass is 726 g/mol. The van der Waals surface area contributed by atoms with Crippen molar-refractivity contribution in [2.24, 2.45) is 0 Å². The summed E-state index contributed by atoms with van der Waals surface area (Å²) in [4.78, 5) is 2.34. The quantitative estimate of drug-likeness (QED) is 0.165. The van der Waals surface area contributed by atoms with Gasteiger partial charge in [0.25, 0.3) is 0 Å². The van der Waals surface area contributed by atoms with E-state index >= 15 is 0 Å². The predicted molar refractivity (Wildman–Crippen MR) is 241 cm³/mol. The second-order valence-electron chi connectivity index (χ2n) is 14.9. The lowest BCUT2D eigenvalue weighted by atomic mass is 9.93. The fraction of sp³-hybridized carbons (Fsp3) is 0. The van der Waals surface area contributed by atoms with E-state index in [4.69, 9.17) is 4.42 Å². The van der Waals surface area contributed by atoms with Gasteiger partial charge in [0.15, 0.2) is 5.58 Å². The first-order valence-electron chi connectivity index (χ1n) is 19.5. The summed E-state index contributed by atoms with van der Waals surface area (Å²) in [5, 5.41) is 12.0. The molecule has 10 aromatic carbocycles. The summed E-state index contributed by atoms with van der Waals surface area (Å²) in [6.07, 6.45) is 0. The van der Waals surface area contributed by atoms with Gasteiger partial charge in [-0.1, -0.05) is 152 Å². The molecule has 3 heteroatoms. The number of rotatable bonds is 5. The zero-order valence-corrected chi connectivity index (χ0v) is 30.9. The van der Waals surface area contributed by atoms with Crippen molar-refractivity contribution in [3.63, 3.8) is 0 Å². The Labute approximate surface area is 328 Å². The molecule has 2 heterocycles. The van der Waals surface area contributed by atoms with Crippen molar-refractivity contribution >= 4 is 93.1 Å². The molecule has 3 nitrogen and oxygen atoms in total. The van der Waals surface area contributed by atoms with Crippen LogP contribution in [0.1, 0.15) is 0 Å². The van der Waals surface area contributed by atoms with Crippen LogP contribution in [0.5, 0.6) is 0 Å². The summed E-state index contributed by atoms with van der Waals surface area (Å²) >= 11 is 0. The van der Waals surface area contributed by atoms with E-state index in [0.29, 0.717) is 0 Å². The van der Waals surface area contributed by atoms with E-state index in [9.17, 15) is 0 Å². The van der Waals surface area contributed by atoms with Gasteiger partial charge >= 0.3 is 0 Å². The van der Waals surface area contributed by atoms with E-state index in [1.54, 1.807) is 0 Å². The van der Waals surface area contributed by atoms with Crippen LogP contribution in [-0.4, -0.2) is 4.57 Å². The van der Waals surface area contributed by atoms with Crippen molar-refractivity contribution in [3.8, 4) is 16.8 Å². The van der Waals surface area contributed by atoms with Gasteiger partial charge in [-0.25, -0.2) is 0 Å². The van der Waals surface area contributed by atoms with Gasteiger partial charge in [-0.3, -0.25) is 0 Å². The summed E-state index contributed by atoms with van der Waals surface area (Å²) < 4.78 is 9.59. The number of para-hydroxylation sites is 5. The maximum Gasteiger partial charge on any atom is 0.159 e. The number of fused-ring (bicyclic) bond motifs is 11. The Bertz CT molecular complexity index is 3520. The van der Waals surface area contributed by atoms with Gasteiger partial charge < -0.3 is 13.9 Å². The molecular formula is C54H34N2O. The van der Waals surface area contributed by atoms with Crippen LogP contribution < -0.4 is 4.90 Å². The third kappa shape index (κ3) is 4.79. The predicted octanol–water partition coefficient (Wildman–Crippen LogP) is 15.3. The van der Waals surface area contributed by atoms with Crippen molar-refractivity contribution in [2.75, 3.05) is 4.90 Å². The van der Waals surface area contributed by atoms with E-state index in [-0.39, 0.29) is 0 Å². The molecule has 0 spiro atoms. The maximum atomic E-state index is 7.17. The van der Waals surface area contributed by atoms with Crippen LogP contribution in [0.3, 0.4) is 0 Å². The Morgan fingerprint density at radius 1 is 0.386 bits per heavy atom. The van der Waals surface area contributed by atoms with Gasteiger partial charge in [0, 0.05) is 44.2 Å². The summed E-state index contributed by atoms with van der Waals surface area (Å²) in [5.74, 6) is 0. The molecular weight excluding hydrogens is 693 g/mol. The van der Waals surface area contributed by atoms with Crippen molar-refractivity contribution in [3.05, 3.63) is 206 Å². The molecule has 57 heavy (non-hydrogen) atoms. The normalized spacial score (nSPS) is 11.9. The summed E-state index contributed by atoms with van der Waals surface area (Å²) in [6, 6.07) is 74.3. The largest absolute Gasteiger partial charge is 0.454 e. The molecule has 0 saturated heterocycles. The standard InChI is InChI=1S/C54H34N2O/c1-3-16-37(17-4-1)55(39-32-31-36-30-29-35-15-7-8-20-40(35)47(36)33-39)50-28-14-26-46-52-43-23-10-9-21-41(43)48(34-51(52)57-54(46)50)45-25-13-24-44-42-22-11-12-27-49(42)56(53(44)45)38-18-5-2-6-19-38/h1-34H. The highest BCUT2D eigenvalue weighted by molar-refractivity contribution is 6.25. The highest BCUT2D eigenvalue weighted by atomic mass is 16.3. The molecule has 2 aromatic heterocycles. The Morgan fingerprint density at radius 3 is 1.86 bits per heavy atom. The molecule has 266 valence electrons. The van der Waals surface area contributed by atoms with Gasteiger partial charge in [-0.05, 0) is 92.5 Å². The molecule has 0 radical (unpaired) electrons. The SMILES string of the molecule is c1ccc(N(c2ccc3ccc4ccccc4c3c2)c2cccc3c2oc2cc(-c4cccc5c6ccccc6n(-c6ccccc6)c45)c4ccccc4c23)cc1. The number of anilines is 3. The van der Waals surface area contributed by atoms with Gasteiger partial charge in [0.05, 0.1) is 16.7 Å². The number of furan rings is 1. The highest BCUT2D eigenvalue weighted by Crippen LogP contribution is 2.47. The van der Waals surface area contributed by atoms with Crippen LogP contribution in [0.25, 0.3) is 92.9 Å². The first kappa shape index (κ1) is 31.7. The number of aromatic nitrogens is 1. The summed E-state index contributed by atoms with van der Waals surface area (Å²) in [7, 11) is 0. The number of benzene rings is 10. The maximum absolute atomic E-state index is 7.17. The third-order valence-corrected chi connectivity index (χ3v) is 11.7. The third-order valence-electron chi connectivity index (χ3n) is 11.7. The first-order valence-corrected chi connectivity index (χ1v) is 19.5. The average Bonchev–Trinajstić information content (AvgIpc) is 3.84. The second-order valence-corrected chi connectivity index (χ2v) is 14.9. The Hall–Kier alpha value is -7.62. The lowest BCUT2D eigenvalue weighted by molar-refractivity contribution is 0.669. The van der Waals surface area contributed by atoms with Crippen LogP contribution in [0, 0.1) is 0 Å². The van der Waals surface area contributed by atoms with E-state index in [1.165, 1.54) is 59.7 Å². The smallest absolute Gasteiger partial charge is 0.159 e. The van der Waals surface area contributed by atoms with Crippen LogP contribution >= 0.6 is 0 Å². The Morgan fingerprint density at radius 2 is 1.02 bits per heavy atom. The van der Waals surface area contributed by atoms with Crippen molar-refractivity contribution < 1.29 is 4.42 Å². The lowest BCUT2D eigenvalue weighted by Gasteiger charge is -2.26. The van der Waals surface area contributed by atoms with Gasteiger partial charge in [-0.2, -0.15) is 0 Å². The van der Waals surface area contributed by atoms with Crippen LogP contribution in [0.2, 0.25) is 0 Å². The molecule has 0 atom stereocenters. The van der Waals surface area contributed by atoms with E-state index < -0.39 is 0 Å². The zero-order chi connectivity index (χ0) is 37.5. The molecule has 0 aliphatic heterocycles. The molecule has 0 aliphatic carbocycles. The lowest BCUT2D eigenvalue weighted by Crippen LogP contribution is -2.10. The van der Waals surface area contributed by atoms with Crippen molar-refractivity contribution in [1.29, 1.82) is 0 Å². The Kier molecular flexibility index (Phi) is 6.93. The Balaban J connectivity index is 1.14. The highest BCUT2D eigenvalue weighted by Gasteiger charge is 2.23. The van der Waals surface area contributed by atoms with Gasteiger partial charge in [-0.15, -0.1) is 0 Å². The molecule has 12 aromatic rings. The second kappa shape index (κ2) is 12.5. The van der Waals surface area contributed by atoms with Crippen LogP contribution in [0.15, 0.2) is 211 Å². The molecule has 0 amide bonds. The van der Waals surface area contributed by atoms with Crippen LogP contribution in [-0.2, 0) is 0 Å². The number of hydrogen-bond acceptors (Lipinski definition) is 2. The first-order chi connectivity index (χ1) is 28.3. The van der Waals surface area contributed by atoms with Crippen molar-refractivity contribution in [1.82, 2.24) is 4.57 Å². The number of hydrogen-bond donors (Lipinski definition) is 0. The van der Waals surface area contributed by atoms with E-state index in [0.717, 1.165) is 50.3 Å². The molecule has 0 fully saturated rings. The average molecular weight is 727 g/mol. The molecule has 0 N–H and O–H groups in total. The summed E-state index contributed by atoms with van der Waals surface area (Å²) in [6.45, 7) is 0. The van der Waals surface area contributed by atoms with E-state index in [2.05, 4.69) is 216 Å². The fourth-order valence-corrected chi connectivity index (χ4v) is 9.26. The van der Waals surface area contributed by atoms with Crippen LogP contribution in [0.4, 0.5) is 17.1 Å². The van der Waals surface area contributed by atoms with E-state index in [1.807, 2.05) is 0 Å². The summed E-state index contributed by atoms with van der Waals surface area (Å²) in [5.41, 5.74) is 10.7.